The second-order valence-corrected chi connectivity index (χ2v) is 5.35. The summed E-state index contributed by atoms with van der Waals surface area (Å²) in [6, 6.07) is 7.83. The fourth-order valence-electron chi connectivity index (χ4n) is 1.46. The number of anilines is 1. The van der Waals surface area contributed by atoms with Crippen LogP contribution in [0.3, 0.4) is 0 Å². The van der Waals surface area contributed by atoms with Gasteiger partial charge in [-0.25, -0.2) is 0 Å². The molecule has 1 aromatic carbocycles. The van der Waals surface area contributed by atoms with Crippen LogP contribution in [-0.4, -0.2) is 17.2 Å². The van der Waals surface area contributed by atoms with Gasteiger partial charge < -0.3 is 11.1 Å². The quantitative estimate of drug-likeness (QED) is 0.788. The maximum atomic E-state index is 11.8. The number of hydrogen-bond acceptors (Lipinski definition) is 3. The Morgan fingerprint density at radius 1 is 1.50 bits per heavy atom. The molecule has 0 spiro atoms. The van der Waals surface area contributed by atoms with Crippen LogP contribution < -0.4 is 11.1 Å². The third-order valence-electron chi connectivity index (χ3n) is 2.68. The van der Waals surface area contributed by atoms with Gasteiger partial charge in [0.1, 0.15) is 0 Å². The molecule has 1 amide bonds. The van der Waals surface area contributed by atoms with Crippen molar-refractivity contribution in [3.8, 4) is 0 Å². The third kappa shape index (κ3) is 2.39. The molecule has 1 saturated carbocycles. The van der Waals surface area contributed by atoms with E-state index >= 15 is 0 Å². The Morgan fingerprint density at radius 2 is 2.19 bits per heavy atom. The Bertz CT molecular complexity index is 402. The van der Waals surface area contributed by atoms with Crippen molar-refractivity contribution in [2.24, 2.45) is 5.73 Å². The lowest BCUT2D eigenvalue weighted by Gasteiger charge is -2.13. The van der Waals surface area contributed by atoms with Crippen molar-refractivity contribution in [1.29, 1.82) is 0 Å². The predicted molar refractivity (Wildman–Crippen MR) is 67.6 cm³/mol. The lowest BCUT2D eigenvalue weighted by Crippen LogP contribution is -2.37. The maximum Gasteiger partial charge on any atom is 0.244 e. The molecule has 1 aliphatic carbocycles. The Hall–Kier alpha value is -1.00. The van der Waals surface area contributed by atoms with Crippen LogP contribution in [-0.2, 0) is 4.79 Å². The molecule has 0 bridgehead atoms. The van der Waals surface area contributed by atoms with Crippen LogP contribution in [0.5, 0.6) is 0 Å². The zero-order valence-electron chi connectivity index (χ0n) is 9.32. The summed E-state index contributed by atoms with van der Waals surface area (Å²) in [6.07, 6.45) is 1.59. The van der Waals surface area contributed by atoms with Gasteiger partial charge in [-0.15, -0.1) is 11.8 Å². The van der Waals surface area contributed by atoms with E-state index < -0.39 is 5.54 Å². The van der Waals surface area contributed by atoms with E-state index in [4.69, 9.17) is 5.73 Å². The first-order valence-corrected chi connectivity index (χ1v) is 6.46. The van der Waals surface area contributed by atoms with E-state index in [1.807, 2.05) is 24.3 Å². The van der Waals surface area contributed by atoms with Gasteiger partial charge in [0.25, 0.3) is 0 Å². The van der Waals surface area contributed by atoms with Crippen LogP contribution in [0.2, 0.25) is 0 Å². The van der Waals surface area contributed by atoms with Crippen LogP contribution in [0, 0.1) is 0 Å². The molecule has 3 nitrogen and oxygen atoms in total. The van der Waals surface area contributed by atoms with Crippen LogP contribution in [0.25, 0.3) is 0 Å². The molecule has 2 rings (SSSR count). The minimum Gasteiger partial charge on any atom is -0.323 e. The van der Waals surface area contributed by atoms with Gasteiger partial charge in [-0.1, -0.05) is 19.1 Å². The molecule has 0 unspecified atom stereocenters. The minimum atomic E-state index is -0.607. The fourth-order valence-corrected chi connectivity index (χ4v) is 2.22. The number of hydrogen-bond donors (Lipinski definition) is 2. The molecular weight excluding hydrogens is 220 g/mol. The zero-order chi connectivity index (χ0) is 11.6. The first kappa shape index (κ1) is 11.5. The summed E-state index contributed by atoms with van der Waals surface area (Å²) < 4.78 is 0. The van der Waals surface area contributed by atoms with E-state index in [0.717, 1.165) is 29.2 Å². The molecule has 4 heteroatoms. The highest BCUT2D eigenvalue weighted by atomic mass is 32.2. The number of benzene rings is 1. The zero-order valence-corrected chi connectivity index (χ0v) is 10.1. The van der Waals surface area contributed by atoms with Gasteiger partial charge in [0.05, 0.1) is 11.2 Å². The summed E-state index contributed by atoms with van der Waals surface area (Å²) in [6.45, 7) is 2.09. The van der Waals surface area contributed by atoms with Gasteiger partial charge >= 0.3 is 0 Å². The molecule has 1 aliphatic rings. The van der Waals surface area contributed by atoms with Crippen molar-refractivity contribution in [3.05, 3.63) is 24.3 Å². The number of amides is 1. The van der Waals surface area contributed by atoms with Gasteiger partial charge in [-0.2, -0.15) is 0 Å². The molecule has 1 aromatic rings. The molecule has 86 valence electrons. The average Bonchev–Trinajstić information content (AvgIpc) is 3.01. The highest BCUT2D eigenvalue weighted by Gasteiger charge is 2.46. The molecule has 0 aliphatic heterocycles. The summed E-state index contributed by atoms with van der Waals surface area (Å²) in [5.74, 6) is 0.928. The van der Waals surface area contributed by atoms with Crippen molar-refractivity contribution in [1.82, 2.24) is 0 Å². The first-order valence-electron chi connectivity index (χ1n) is 5.48. The summed E-state index contributed by atoms with van der Waals surface area (Å²) in [5.41, 5.74) is 6.11. The normalized spacial score (nSPS) is 16.9. The topological polar surface area (TPSA) is 55.1 Å². The molecule has 0 heterocycles. The van der Waals surface area contributed by atoms with Crippen LogP contribution >= 0.6 is 11.8 Å². The average molecular weight is 236 g/mol. The smallest absolute Gasteiger partial charge is 0.244 e. The van der Waals surface area contributed by atoms with Gasteiger partial charge in [-0.05, 0) is 30.7 Å². The largest absolute Gasteiger partial charge is 0.323 e. The van der Waals surface area contributed by atoms with Gasteiger partial charge in [0, 0.05) is 4.90 Å². The number of nitrogens with one attached hydrogen (secondary N) is 1. The van der Waals surface area contributed by atoms with Gasteiger partial charge in [0.15, 0.2) is 0 Å². The fraction of sp³-hybridized carbons (Fsp3) is 0.417. The summed E-state index contributed by atoms with van der Waals surface area (Å²) in [4.78, 5) is 12.9. The Morgan fingerprint density at radius 3 is 2.81 bits per heavy atom. The maximum absolute atomic E-state index is 11.8. The monoisotopic (exact) mass is 236 g/mol. The Labute approximate surface area is 99.8 Å². The number of nitrogens with two attached hydrogens (primary N) is 1. The number of rotatable bonds is 4. The molecule has 0 aromatic heterocycles. The van der Waals surface area contributed by atoms with E-state index in [9.17, 15) is 4.79 Å². The van der Waals surface area contributed by atoms with Crippen molar-refractivity contribution in [3.63, 3.8) is 0 Å². The molecular formula is C12H16N2OS. The van der Waals surface area contributed by atoms with Crippen molar-refractivity contribution in [2.75, 3.05) is 11.1 Å². The highest BCUT2D eigenvalue weighted by Crippen LogP contribution is 2.34. The van der Waals surface area contributed by atoms with Crippen molar-refractivity contribution in [2.45, 2.75) is 30.2 Å². The van der Waals surface area contributed by atoms with Crippen molar-refractivity contribution < 1.29 is 4.79 Å². The van der Waals surface area contributed by atoms with Crippen molar-refractivity contribution >= 4 is 23.4 Å². The SMILES string of the molecule is CCSc1ccccc1NC(=O)C1(N)CC1. The lowest BCUT2D eigenvalue weighted by molar-refractivity contribution is -0.118. The number of carbonyl (C=O) groups excluding carboxylic acids is 1. The summed E-state index contributed by atoms with van der Waals surface area (Å²) >= 11 is 1.72. The van der Waals surface area contributed by atoms with E-state index in [1.54, 1.807) is 11.8 Å². The Kier molecular flexibility index (Phi) is 3.21. The predicted octanol–water partition coefficient (Wildman–Crippen LogP) is 2.23. The lowest BCUT2D eigenvalue weighted by atomic mass is 10.2. The van der Waals surface area contributed by atoms with E-state index in [-0.39, 0.29) is 5.91 Å². The minimum absolute atomic E-state index is 0.0587. The summed E-state index contributed by atoms with van der Waals surface area (Å²) in [5, 5.41) is 2.91. The number of carbonyl (C=O) groups is 1. The van der Waals surface area contributed by atoms with Crippen LogP contribution in [0.4, 0.5) is 5.69 Å². The Balaban J connectivity index is 2.11. The number of thioether (sulfide) groups is 1. The molecule has 16 heavy (non-hydrogen) atoms. The third-order valence-corrected chi connectivity index (χ3v) is 3.63. The van der Waals surface area contributed by atoms with Gasteiger partial charge in [-0.3, -0.25) is 4.79 Å². The molecule has 0 atom stereocenters. The molecule has 3 N–H and O–H groups in total. The highest BCUT2D eigenvalue weighted by molar-refractivity contribution is 7.99. The first-order chi connectivity index (χ1) is 7.65. The van der Waals surface area contributed by atoms with Gasteiger partial charge in [0.2, 0.25) is 5.91 Å². The molecule has 1 fully saturated rings. The van der Waals surface area contributed by atoms with E-state index in [1.165, 1.54) is 0 Å². The van der Waals surface area contributed by atoms with Crippen LogP contribution in [0.1, 0.15) is 19.8 Å². The standard InChI is InChI=1S/C12H16N2OS/c1-2-16-10-6-4-3-5-9(10)14-11(15)12(13)7-8-12/h3-6H,2,7-8,13H2,1H3,(H,14,15). The van der Waals surface area contributed by atoms with E-state index in [2.05, 4.69) is 12.2 Å². The number of para-hydroxylation sites is 1. The molecule has 0 saturated heterocycles. The summed E-state index contributed by atoms with van der Waals surface area (Å²) in [7, 11) is 0. The second kappa shape index (κ2) is 4.47. The second-order valence-electron chi connectivity index (χ2n) is 4.04. The van der Waals surface area contributed by atoms with E-state index in [0.29, 0.717) is 0 Å². The van der Waals surface area contributed by atoms with Crippen LogP contribution in [0.15, 0.2) is 29.2 Å². The molecule has 0 radical (unpaired) electrons.